The van der Waals surface area contributed by atoms with Gasteiger partial charge in [-0.15, -0.1) is 0 Å². The predicted molar refractivity (Wildman–Crippen MR) is 64.5 cm³/mol. The summed E-state index contributed by atoms with van der Waals surface area (Å²) < 4.78 is 5.61. The normalized spacial score (nSPS) is 29.4. The van der Waals surface area contributed by atoms with E-state index >= 15 is 0 Å². The minimum atomic E-state index is 0.0247. The van der Waals surface area contributed by atoms with Gasteiger partial charge >= 0.3 is 0 Å². The lowest BCUT2D eigenvalue weighted by Crippen LogP contribution is -2.50. The maximum absolute atomic E-state index is 9.54. The van der Waals surface area contributed by atoms with Gasteiger partial charge in [0.1, 0.15) is 0 Å². The average Bonchev–Trinajstić information content (AvgIpc) is 2.83. The van der Waals surface area contributed by atoms with Crippen molar-refractivity contribution in [2.45, 2.75) is 63.0 Å². The second-order valence-corrected chi connectivity index (χ2v) is 5.35. The third kappa shape index (κ3) is 3.19. The molecule has 2 rings (SSSR count). The summed E-state index contributed by atoms with van der Waals surface area (Å²) in [7, 11) is 0. The second-order valence-electron chi connectivity index (χ2n) is 5.35. The van der Waals surface area contributed by atoms with Crippen LogP contribution in [0.5, 0.6) is 0 Å². The van der Waals surface area contributed by atoms with Gasteiger partial charge in [-0.25, -0.2) is 0 Å². The van der Waals surface area contributed by atoms with E-state index in [-0.39, 0.29) is 5.54 Å². The molecule has 1 aliphatic carbocycles. The van der Waals surface area contributed by atoms with Gasteiger partial charge < -0.3 is 15.2 Å². The van der Waals surface area contributed by atoms with Crippen LogP contribution < -0.4 is 5.32 Å². The molecule has 0 bridgehead atoms. The van der Waals surface area contributed by atoms with Crippen LogP contribution in [0.3, 0.4) is 0 Å². The maximum Gasteiger partial charge on any atom is 0.0613 e. The molecule has 2 N–H and O–H groups in total. The number of hydrogen-bond donors (Lipinski definition) is 2. The summed E-state index contributed by atoms with van der Waals surface area (Å²) in [5.74, 6) is 0. The summed E-state index contributed by atoms with van der Waals surface area (Å²) in [5, 5.41) is 13.1. The molecule has 0 aromatic rings. The standard InChI is InChI=1S/C13H25NO2/c15-11-13(7-2-1-3-8-13)14-9-6-12-5-4-10-16-12/h12,14-15H,1-11H2. The van der Waals surface area contributed by atoms with Crippen LogP contribution in [0.4, 0.5) is 0 Å². The summed E-state index contributed by atoms with van der Waals surface area (Å²) in [6, 6.07) is 0. The van der Waals surface area contributed by atoms with Crippen LogP contribution >= 0.6 is 0 Å². The van der Waals surface area contributed by atoms with E-state index in [1.54, 1.807) is 0 Å². The molecule has 16 heavy (non-hydrogen) atoms. The Hall–Kier alpha value is -0.120. The summed E-state index contributed by atoms with van der Waals surface area (Å²) in [6.45, 7) is 2.22. The second kappa shape index (κ2) is 5.99. The van der Waals surface area contributed by atoms with Gasteiger partial charge in [-0.1, -0.05) is 19.3 Å². The number of rotatable bonds is 5. The van der Waals surface area contributed by atoms with Crippen molar-refractivity contribution in [3.05, 3.63) is 0 Å². The lowest BCUT2D eigenvalue weighted by Gasteiger charge is -2.37. The number of ether oxygens (including phenoxy) is 1. The topological polar surface area (TPSA) is 41.5 Å². The SMILES string of the molecule is OCC1(NCCC2CCCO2)CCCCC1. The van der Waals surface area contributed by atoms with Gasteiger partial charge in [-0.2, -0.15) is 0 Å². The summed E-state index contributed by atoms with van der Waals surface area (Å²) >= 11 is 0. The van der Waals surface area contributed by atoms with E-state index in [2.05, 4.69) is 5.32 Å². The van der Waals surface area contributed by atoms with Gasteiger partial charge in [0.15, 0.2) is 0 Å². The third-order valence-corrected chi connectivity index (χ3v) is 4.10. The van der Waals surface area contributed by atoms with E-state index in [1.807, 2.05) is 0 Å². The largest absolute Gasteiger partial charge is 0.394 e. The Morgan fingerprint density at radius 2 is 2.00 bits per heavy atom. The van der Waals surface area contributed by atoms with Crippen LogP contribution in [-0.4, -0.2) is 36.5 Å². The van der Waals surface area contributed by atoms with Crippen molar-refractivity contribution in [1.29, 1.82) is 0 Å². The van der Waals surface area contributed by atoms with E-state index in [4.69, 9.17) is 4.74 Å². The van der Waals surface area contributed by atoms with E-state index in [9.17, 15) is 5.11 Å². The molecule has 2 fully saturated rings. The lowest BCUT2D eigenvalue weighted by molar-refractivity contribution is 0.0887. The van der Waals surface area contributed by atoms with Crippen molar-refractivity contribution in [2.24, 2.45) is 0 Å². The smallest absolute Gasteiger partial charge is 0.0613 e. The van der Waals surface area contributed by atoms with E-state index in [0.29, 0.717) is 12.7 Å². The minimum absolute atomic E-state index is 0.0247. The molecule has 1 atom stereocenters. The quantitative estimate of drug-likeness (QED) is 0.753. The molecule has 3 heteroatoms. The van der Waals surface area contributed by atoms with Crippen LogP contribution in [0.25, 0.3) is 0 Å². The molecule has 0 amide bonds. The molecular formula is C13H25NO2. The van der Waals surface area contributed by atoms with E-state index in [1.165, 1.54) is 32.1 Å². The van der Waals surface area contributed by atoms with Crippen molar-refractivity contribution >= 4 is 0 Å². The fourth-order valence-electron chi connectivity index (χ4n) is 2.99. The average molecular weight is 227 g/mol. The molecule has 1 saturated carbocycles. The molecule has 1 heterocycles. The highest BCUT2D eigenvalue weighted by Crippen LogP contribution is 2.27. The first-order valence-electron chi connectivity index (χ1n) is 6.82. The minimum Gasteiger partial charge on any atom is -0.394 e. The van der Waals surface area contributed by atoms with Gasteiger partial charge in [0.05, 0.1) is 12.7 Å². The van der Waals surface area contributed by atoms with E-state index < -0.39 is 0 Å². The maximum atomic E-state index is 9.54. The van der Waals surface area contributed by atoms with Gasteiger partial charge in [-0.3, -0.25) is 0 Å². The number of aliphatic hydroxyl groups excluding tert-OH is 1. The Kier molecular flexibility index (Phi) is 4.62. The van der Waals surface area contributed by atoms with Crippen molar-refractivity contribution in [3.8, 4) is 0 Å². The Balaban J connectivity index is 1.69. The van der Waals surface area contributed by atoms with Crippen molar-refractivity contribution in [3.63, 3.8) is 0 Å². The molecule has 0 aromatic heterocycles. The Morgan fingerprint density at radius 3 is 2.62 bits per heavy atom. The Bertz CT molecular complexity index is 196. The fourth-order valence-corrected chi connectivity index (χ4v) is 2.99. The molecule has 3 nitrogen and oxygen atoms in total. The lowest BCUT2D eigenvalue weighted by atomic mass is 9.82. The summed E-state index contributed by atoms with van der Waals surface area (Å²) in [5.41, 5.74) is 0.0247. The van der Waals surface area contributed by atoms with Gasteiger partial charge in [-0.05, 0) is 38.6 Å². The molecule has 0 radical (unpaired) electrons. The van der Waals surface area contributed by atoms with Crippen LogP contribution in [0.15, 0.2) is 0 Å². The molecular weight excluding hydrogens is 202 g/mol. The molecule has 94 valence electrons. The molecule has 0 aromatic carbocycles. The zero-order chi connectivity index (χ0) is 11.3. The van der Waals surface area contributed by atoms with Crippen molar-refractivity contribution < 1.29 is 9.84 Å². The van der Waals surface area contributed by atoms with Crippen LogP contribution in [0.1, 0.15) is 51.4 Å². The highest BCUT2D eigenvalue weighted by Gasteiger charge is 2.30. The predicted octanol–water partition coefficient (Wildman–Crippen LogP) is 1.84. The molecule has 1 saturated heterocycles. The third-order valence-electron chi connectivity index (χ3n) is 4.10. The van der Waals surface area contributed by atoms with Crippen LogP contribution in [0, 0.1) is 0 Å². The molecule has 0 spiro atoms. The monoisotopic (exact) mass is 227 g/mol. The highest BCUT2D eigenvalue weighted by molar-refractivity contribution is 4.90. The number of aliphatic hydroxyl groups is 1. The number of hydrogen-bond acceptors (Lipinski definition) is 3. The zero-order valence-corrected chi connectivity index (χ0v) is 10.2. The summed E-state index contributed by atoms with van der Waals surface area (Å²) in [4.78, 5) is 0. The number of nitrogens with one attached hydrogen (secondary N) is 1. The van der Waals surface area contributed by atoms with Crippen LogP contribution in [-0.2, 0) is 4.74 Å². The van der Waals surface area contributed by atoms with Crippen molar-refractivity contribution in [2.75, 3.05) is 19.8 Å². The zero-order valence-electron chi connectivity index (χ0n) is 10.2. The van der Waals surface area contributed by atoms with Gasteiger partial charge in [0, 0.05) is 12.1 Å². The summed E-state index contributed by atoms with van der Waals surface area (Å²) in [6.07, 6.45) is 10.1. The highest BCUT2D eigenvalue weighted by atomic mass is 16.5. The first-order chi connectivity index (χ1) is 7.85. The molecule has 1 unspecified atom stereocenters. The van der Waals surface area contributed by atoms with Gasteiger partial charge in [0.2, 0.25) is 0 Å². The van der Waals surface area contributed by atoms with E-state index in [0.717, 1.165) is 32.4 Å². The Morgan fingerprint density at radius 1 is 1.19 bits per heavy atom. The van der Waals surface area contributed by atoms with Crippen LogP contribution in [0.2, 0.25) is 0 Å². The fraction of sp³-hybridized carbons (Fsp3) is 1.00. The Labute approximate surface area is 98.6 Å². The molecule has 1 aliphatic heterocycles. The molecule has 2 aliphatic rings. The van der Waals surface area contributed by atoms with Crippen molar-refractivity contribution in [1.82, 2.24) is 5.32 Å². The van der Waals surface area contributed by atoms with Gasteiger partial charge in [0.25, 0.3) is 0 Å². The first-order valence-corrected chi connectivity index (χ1v) is 6.82. The first kappa shape index (κ1) is 12.3.